The van der Waals surface area contributed by atoms with Crippen molar-refractivity contribution in [1.82, 2.24) is 14.0 Å². The number of benzene rings is 10. The Morgan fingerprint density at radius 3 is 1.28 bits per heavy atom. The molecule has 2 aliphatic carbocycles. The van der Waals surface area contributed by atoms with E-state index < -0.39 is 0 Å². The summed E-state index contributed by atoms with van der Waals surface area (Å²) >= 11 is 0. The van der Waals surface area contributed by atoms with Crippen molar-refractivity contribution in [2.75, 3.05) is 9.80 Å². The number of amides is 2. The lowest BCUT2D eigenvalue weighted by molar-refractivity contribution is 0.0502. The lowest BCUT2D eigenvalue weighted by atomic mass is 9.72. The fraction of sp³-hybridized carbons (Fsp3) is 0.455. The SMILES string of the molecule is CC(C)(C)CC(C)(C)c1ccc(N(c2ccc(C(C)(C)CC(C)(C)C)cc2)c2ccc3c(c2)=Nc2cc4c(O)n(C5CCCCC5)c(=O)c5cccc(c2=3)c45)cc1.CCCCCCn1c2cc(N(c3ccc(C(C)(C)CC(C)(C)C)cc3)c3ccc(C(C)(C)CC(C)(C)C)cc3)ccc2c2c3cccc4c3c(cc21)C(=O)N(C1CCCCC1)C4=O. The smallest absolute Gasteiger partial charge is 0.261 e. The topological polar surface area (TPSA) is 103 Å². The fourth-order valence-electron chi connectivity index (χ4n) is 22.7. The molecule has 0 bridgehead atoms. The number of hydrogen-bond donors (Lipinski definition) is 1. The Labute approximate surface area is 715 Å². The molecule has 16 rings (SSSR count). The van der Waals surface area contributed by atoms with Gasteiger partial charge in [0.1, 0.15) is 0 Å². The van der Waals surface area contributed by atoms with E-state index in [-0.39, 0.29) is 78.7 Å². The molecule has 0 saturated heterocycles. The first kappa shape index (κ1) is 85.2. The highest BCUT2D eigenvalue weighted by Crippen LogP contribution is 2.50. The van der Waals surface area contributed by atoms with Crippen LogP contribution in [0.5, 0.6) is 5.88 Å². The summed E-state index contributed by atoms with van der Waals surface area (Å²) in [7, 11) is 0. The number of unbranched alkanes of at least 4 members (excludes halogenated alkanes) is 3. The molecule has 0 unspecified atom stereocenters. The van der Waals surface area contributed by atoms with Crippen LogP contribution in [0.25, 0.3) is 54.1 Å². The van der Waals surface area contributed by atoms with Crippen LogP contribution >= 0.6 is 0 Å². The maximum absolute atomic E-state index is 14.6. The van der Waals surface area contributed by atoms with E-state index in [1.54, 1.807) is 9.47 Å². The van der Waals surface area contributed by atoms with Crippen LogP contribution in [0.2, 0.25) is 0 Å². The number of carbonyl (C=O) groups is 2. The number of aromatic nitrogens is 2. The number of rotatable bonds is 21. The highest BCUT2D eigenvalue weighted by molar-refractivity contribution is 6.32. The van der Waals surface area contributed by atoms with E-state index in [1.807, 2.05) is 30.3 Å². The van der Waals surface area contributed by atoms with Crippen molar-refractivity contribution in [1.29, 1.82) is 0 Å². The zero-order valence-corrected chi connectivity index (χ0v) is 76.3. The minimum absolute atomic E-state index is 0.0165. The molecular formula is C110H134N6O4. The summed E-state index contributed by atoms with van der Waals surface area (Å²) < 4.78 is 4.15. The fourth-order valence-corrected chi connectivity index (χ4v) is 22.7. The van der Waals surface area contributed by atoms with Crippen LogP contribution < -0.4 is 20.7 Å². The second-order valence-corrected chi connectivity index (χ2v) is 43.7. The van der Waals surface area contributed by atoms with Crippen molar-refractivity contribution < 1.29 is 14.7 Å². The van der Waals surface area contributed by atoms with E-state index in [2.05, 4.69) is 311 Å². The molecule has 2 saturated carbocycles. The maximum atomic E-state index is 14.6. The summed E-state index contributed by atoms with van der Waals surface area (Å²) in [6.45, 7) is 49.9. The number of aryl methyl sites for hydroxylation is 1. The van der Waals surface area contributed by atoms with Crippen molar-refractivity contribution in [3.63, 3.8) is 0 Å². The molecule has 2 aliphatic heterocycles. The van der Waals surface area contributed by atoms with Gasteiger partial charge in [0.15, 0.2) is 0 Å². The Hall–Kier alpha value is -9.80. The van der Waals surface area contributed by atoms with Crippen LogP contribution in [-0.2, 0) is 28.2 Å². The van der Waals surface area contributed by atoms with Crippen LogP contribution in [-0.4, -0.2) is 37.0 Å². The van der Waals surface area contributed by atoms with Gasteiger partial charge >= 0.3 is 0 Å². The Bertz CT molecular complexity index is 5950. The average molecular weight is 1600 g/mol. The number of imide groups is 1. The van der Waals surface area contributed by atoms with Crippen LogP contribution in [0.4, 0.5) is 39.8 Å². The molecule has 120 heavy (non-hydrogen) atoms. The lowest BCUT2D eigenvalue weighted by Crippen LogP contribution is -2.47. The third-order valence-corrected chi connectivity index (χ3v) is 26.6. The molecule has 4 aliphatic rings. The van der Waals surface area contributed by atoms with Crippen molar-refractivity contribution in [2.24, 2.45) is 26.7 Å². The zero-order valence-electron chi connectivity index (χ0n) is 76.3. The molecular weight excluding hydrogens is 1470 g/mol. The Balaban J connectivity index is 0.000000188. The molecule has 0 spiro atoms. The van der Waals surface area contributed by atoms with Gasteiger partial charge in [0.25, 0.3) is 17.4 Å². The van der Waals surface area contributed by atoms with Crippen molar-refractivity contribution in [3.8, 4) is 5.88 Å². The number of pyridine rings is 1. The largest absolute Gasteiger partial charge is 0.494 e. The monoisotopic (exact) mass is 1600 g/mol. The summed E-state index contributed by atoms with van der Waals surface area (Å²) in [5.74, 6) is -0.193. The molecule has 10 nitrogen and oxygen atoms in total. The molecule has 0 radical (unpaired) electrons. The third kappa shape index (κ3) is 17.0. The van der Waals surface area contributed by atoms with Crippen molar-refractivity contribution >= 4 is 106 Å². The predicted octanol–water partition coefficient (Wildman–Crippen LogP) is 29.9. The molecule has 4 heterocycles. The van der Waals surface area contributed by atoms with Gasteiger partial charge in [-0.05, 0) is 231 Å². The number of nitrogens with zero attached hydrogens (tertiary/aromatic N) is 6. The second kappa shape index (κ2) is 32.2. The Morgan fingerprint density at radius 1 is 0.383 bits per heavy atom. The maximum Gasteiger partial charge on any atom is 0.261 e. The minimum Gasteiger partial charge on any atom is -0.494 e. The number of fused-ring (bicyclic) bond motifs is 7. The van der Waals surface area contributed by atoms with Gasteiger partial charge in [0.2, 0.25) is 5.88 Å². The third-order valence-electron chi connectivity index (χ3n) is 26.6. The second-order valence-electron chi connectivity index (χ2n) is 43.7. The van der Waals surface area contributed by atoms with Crippen LogP contribution in [0.15, 0.2) is 192 Å². The summed E-state index contributed by atoms with van der Waals surface area (Å²) in [5, 5.41) is 22.0. The molecule has 628 valence electrons. The molecule has 2 amide bonds. The van der Waals surface area contributed by atoms with Gasteiger partial charge in [0.05, 0.1) is 27.6 Å². The van der Waals surface area contributed by atoms with Crippen LogP contribution in [0.1, 0.15) is 310 Å². The number of hydrogen-bond acceptors (Lipinski definition) is 7. The molecule has 10 heteroatoms. The molecule has 0 atom stereocenters. The molecule has 2 fully saturated rings. The molecule has 12 aromatic rings. The first-order chi connectivity index (χ1) is 56.6. The molecule has 10 aromatic carbocycles. The lowest BCUT2D eigenvalue weighted by Gasteiger charge is -2.36. The average Bonchev–Trinajstić information content (AvgIpc) is 1.52. The van der Waals surface area contributed by atoms with E-state index in [4.69, 9.17) is 4.99 Å². The van der Waals surface area contributed by atoms with E-state index in [1.165, 1.54) is 47.9 Å². The van der Waals surface area contributed by atoms with E-state index in [0.717, 1.165) is 195 Å². The predicted molar refractivity (Wildman–Crippen MR) is 506 cm³/mol. The Morgan fingerprint density at radius 2 is 0.808 bits per heavy atom. The van der Waals surface area contributed by atoms with Crippen LogP contribution in [0.3, 0.4) is 0 Å². The summed E-state index contributed by atoms with van der Waals surface area (Å²) in [6.07, 6.45) is 19.1. The van der Waals surface area contributed by atoms with E-state index in [9.17, 15) is 19.5 Å². The zero-order chi connectivity index (χ0) is 85.7. The highest BCUT2D eigenvalue weighted by Gasteiger charge is 2.40. The summed E-state index contributed by atoms with van der Waals surface area (Å²) in [4.78, 5) is 54.6. The van der Waals surface area contributed by atoms with Gasteiger partial charge in [-0.1, -0.05) is 288 Å². The first-order valence-corrected chi connectivity index (χ1v) is 45.4. The molecule has 1 N–H and O–H groups in total. The standard InChI is InChI=1S/C58H73N3O2.C52H61N3O2/c1-12-13-14-18-34-59-49-35-44(32-33-45(49)52-46-22-19-23-47-51(46)48(36-50(52)59)54(63)61(53(47)62)41-20-16-15-17-21-41)60(42-28-24-39(25-29-42)57(8,9)37-55(2,3)4)43-30-26-40(27-31-43)58(10,11)38-56(5,6)7;1-49(2,3)31-51(7,8)33-19-23-36(24-20-33)54(37-25-21-34(22-26-37)52(9,10)32-50(4,5)6)38-27-28-39-43(29-38)53-44-30-42-45-40(46(39)44)17-14-18-41(45)47(56)55(48(42)57)35-15-12-11-13-16-35/h19,22-33,35-36,41H,12-18,20-21,34,37-38H2,1-11H3;14,17-30,35,57H,11-13,15-16,31-32H2,1-10H3. The van der Waals surface area contributed by atoms with Crippen molar-refractivity contribution in [2.45, 2.75) is 301 Å². The van der Waals surface area contributed by atoms with Gasteiger partial charge in [0, 0.05) is 101 Å². The number of carbonyl (C=O) groups excluding carboxylic acids is 2. The van der Waals surface area contributed by atoms with Gasteiger partial charge in [-0.15, -0.1) is 0 Å². The quantitative estimate of drug-likeness (QED) is 0.0568. The van der Waals surface area contributed by atoms with Gasteiger partial charge in [-0.25, -0.2) is 4.99 Å². The van der Waals surface area contributed by atoms with Gasteiger partial charge in [-0.2, -0.15) is 0 Å². The van der Waals surface area contributed by atoms with E-state index >= 15 is 0 Å². The molecule has 2 aromatic heterocycles. The summed E-state index contributed by atoms with van der Waals surface area (Å²) in [5.41, 5.74) is 17.2. The van der Waals surface area contributed by atoms with Gasteiger partial charge in [-0.3, -0.25) is 23.9 Å². The highest BCUT2D eigenvalue weighted by atomic mass is 16.3. The van der Waals surface area contributed by atoms with E-state index in [0.29, 0.717) is 21.9 Å². The number of anilines is 6. The van der Waals surface area contributed by atoms with Crippen LogP contribution in [0, 0.1) is 32.1 Å². The van der Waals surface area contributed by atoms with Gasteiger partial charge < -0.3 is 19.5 Å². The minimum atomic E-state index is -0.133. The number of aromatic hydroxyl groups is 1. The normalized spacial score (nSPS) is 15.4. The Kier molecular flexibility index (Phi) is 22.9. The summed E-state index contributed by atoms with van der Waals surface area (Å²) in [6, 6.07) is 66.5. The van der Waals surface area contributed by atoms with Crippen molar-refractivity contribution in [3.05, 3.63) is 242 Å². The first-order valence-electron chi connectivity index (χ1n) is 45.4.